The molecule has 0 aliphatic carbocycles. The van der Waals surface area contributed by atoms with Crippen LogP contribution in [0.1, 0.15) is 90.4 Å². The van der Waals surface area contributed by atoms with Crippen LogP contribution in [-0.4, -0.2) is 27.5 Å². The first-order chi connectivity index (χ1) is 11.4. The molecule has 0 aliphatic rings. The minimum atomic E-state index is -1.45. The van der Waals surface area contributed by atoms with Gasteiger partial charge in [-0.1, -0.05) is 64.7 Å². The van der Waals surface area contributed by atoms with E-state index in [2.05, 4.69) is 31.3 Å². The first kappa shape index (κ1) is 23.6. The van der Waals surface area contributed by atoms with E-state index in [1.807, 2.05) is 0 Å². The van der Waals surface area contributed by atoms with Gasteiger partial charge in [0.05, 0.1) is 7.11 Å². The zero-order valence-electron chi connectivity index (χ0n) is 17.0. The van der Waals surface area contributed by atoms with Crippen LogP contribution in [0.3, 0.4) is 0 Å². The van der Waals surface area contributed by atoms with E-state index < -0.39 is 8.32 Å². The molecule has 1 atom stereocenters. The minimum Gasteiger partial charge on any atom is -0.469 e. The molecule has 0 aromatic heterocycles. The summed E-state index contributed by atoms with van der Waals surface area (Å²) in [6, 6.07) is 0. The number of ether oxygens (including phenoxy) is 1. The van der Waals surface area contributed by atoms with Gasteiger partial charge in [-0.15, -0.1) is 0 Å². The molecule has 0 N–H and O–H groups in total. The Kier molecular flexibility index (Phi) is 14.7. The van der Waals surface area contributed by atoms with Gasteiger partial charge in [0.2, 0.25) is 0 Å². The quantitative estimate of drug-likeness (QED) is 0.180. The van der Waals surface area contributed by atoms with E-state index in [0.29, 0.717) is 12.5 Å². The highest BCUT2D eigenvalue weighted by Gasteiger charge is 2.20. The first-order valence-corrected chi connectivity index (χ1v) is 13.5. The van der Waals surface area contributed by atoms with Crippen molar-refractivity contribution in [1.29, 1.82) is 0 Å². The molecule has 4 heteroatoms. The Morgan fingerprint density at radius 2 is 1.33 bits per heavy atom. The van der Waals surface area contributed by atoms with E-state index in [-0.39, 0.29) is 5.97 Å². The third kappa shape index (κ3) is 16.5. The minimum absolute atomic E-state index is 0.0818. The van der Waals surface area contributed by atoms with E-state index in [1.165, 1.54) is 71.3 Å². The number of carbonyl (C=O) groups excluding carboxylic acids is 1. The highest BCUT2D eigenvalue weighted by molar-refractivity contribution is 6.69. The maximum Gasteiger partial charge on any atom is 0.305 e. The smallest absolute Gasteiger partial charge is 0.305 e. The Morgan fingerprint density at radius 1 is 0.833 bits per heavy atom. The summed E-state index contributed by atoms with van der Waals surface area (Å²) in [5.74, 6) is -0.0818. The van der Waals surface area contributed by atoms with Crippen LogP contribution in [0.15, 0.2) is 0 Å². The second-order valence-electron chi connectivity index (χ2n) is 7.94. The second kappa shape index (κ2) is 14.9. The first-order valence-electron chi connectivity index (χ1n) is 10.1. The highest BCUT2D eigenvalue weighted by atomic mass is 28.4. The van der Waals surface area contributed by atoms with Gasteiger partial charge in [-0.25, -0.2) is 0 Å². The van der Waals surface area contributed by atoms with Crippen LogP contribution in [-0.2, 0) is 14.0 Å². The topological polar surface area (TPSA) is 35.5 Å². The predicted octanol–water partition coefficient (Wildman–Crippen LogP) is 6.47. The Balaban J connectivity index is 3.81. The summed E-state index contributed by atoms with van der Waals surface area (Å²) in [6.07, 6.45) is 16.0. The van der Waals surface area contributed by atoms with E-state index in [1.54, 1.807) is 0 Å². The van der Waals surface area contributed by atoms with Gasteiger partial charge in [-0.2, -0.15) is 0 Å². The Morgan fingerprint density at radius 3 is 1.83 bits per heavy atom. The van der Waals surface area contributed by atoms with Gasteiger partial charge in [-0.05, 0) is 38.9 Å². The Bertz CT molecular complexity index is 300. The molecule has 3 nitrogen and oxygen atoms in total. The molecule has 0 aromatic rings. The van der Waals surface area contributed by atoms with Gasteiger partial charge in [0.1, 0.15) is 0 Å². The molecule has 0 bridgehead atoms. The van der Waals surface area contributed by atoms with Gasteiger partial charge in [-0.3, -0.25) is 4.79 Å². The van der Waals surface area contributed by atoms with E-state index >= 15 is 0 Å². The molecule has 0 saturated carbocycles. The van der Waals surface area contributed by atoms with Crippen LogP contribution in [0.25, 0.3) is 0 Å². The van der Waals surface area contributed by atoms with Crippen molar-refractivity contribution < 1.29 is 14.0 Å². The molecular formula is C20H42O3Si. The number of methoxy groups -OCH3 is 1. The van der Waals surface area contributed by atoms with E-state index in [0.717, 1.165) is 12.8 Å². The Labute approximate surface area is 152 Å². The predicted molar refractivity (Wildman–Crippen MR) is 106 cm³/mol. The number of unbranched alkanes of at least 4 members (excludes halogenated alkanes) is 8. The van der Waals surface area contributed by atoms with Crippen LogP contribution in [0.4, 0.5) is 0 Å². The summed E-state index contributed by atoms with van der Waals surface area (Å²) < 4.78 is 11.1. The van der Waals surface area contributed by atoms with Crippen molar-refractivity contribution in [1.82, 2.24) is 0 Å². The number of hydrogen-bond donors (Lipinski definition) is 0. The third-order valence-electron chi connectivity index (χ3n) is 4.28. The second-order valence-corrected chi connectivity index (χ2v) is 12.4. The molecule has 1 unspecified atom stereocenters. The molecular weight excluding hydrogens is 316 g/mol. The lowest BCUT2D eigenvalue weighted by Gasteiger charge is -2.26. The fraction of sp³-hybridized carbons (Fsp3) is 0.950. The van der Waals surface area contributed by atoms with Crippen LogP contribution >= 0.6 is 0 Å². The lowest BCUT2D eigenvalue weighted by molar-refractivity contribution is -0.140. The van der Waals surface area contributed by atoms with E-state index in [9.17, 15) is 4.79 Å². The maximum absolute atomic E-state index is 11.1. The number of esters is 1. The molecule has 0 fully saturated rings. The lowest BCUT2D eigenvalue weighted by atomic mass is 10.0. The molecule has 0 aromatic carbocycles. The Hall–Kier alpha value is -0.353. The summed E-state index contributed by atoms with van der Waals surface area (Å²) in [7, 11) is 0.0165. The van der Waals surface area contributed by atoms with Crippen molar-refractivity contribution >= 4 is 14.3 Å². The summed E-state index contributed by atoms with van der Waals surface area (Å²) >= 11 is 0. The summed E-state index contributed by atoms with van der Waals surface area (Å²) in [5.41, 5.74) is 0. The molecule has 0 spiro atoms. The van der Waals surface area contributed by atoms with Gasteiger partial charge in [0.25, 0.3) is 0 Å². The standard InChI is InChI=1S/C20H42O3Si/c1-6-7-8-10-13-16-19(23-24(3,4)5)17-14-11-9-12-15-18-20(21)22-2/h19H,6-18H2,1-5H3. The van der Waals surface area contributed by atoms with Crippen molar-refractivity contribution in [2.24, 2.45) is 0 Å². The van der Waals surface area contributed by atoms with Crippen LogP contribution < -0.4 is 0 Å². The SMILES string of the molecule is CCCCCCCC(CCCCCCCC(=O)OC)O[Si](C)(C)C. The molecule has 0 saturated heterocycles. The molecule has 24 heavy (non-hydrogen) atoms. The number of rotatable bonds is 16. The summed E-state index contributed by atoms with van der Waals surface area (Å²) in [4.78, 5) is 11.1. The lowest BCUT2D eigenvalue weighted by Crippen LogP contribution is -2.32. The van der Waals surface area contributed by atoms with Gasteiger partial charge in [0, 0.05) is 12.5 Å². The van der Waals surface area contributed by atoms with Crippen molar-refractivity contribution in [3.8, 4) is 0 Å². The van der Waals surface area contributed by atoms with Crippen molar-refractivity contribution in [3.05, 3.63) is 0 Å². The van der Waals surface area contributed by atoms with Gasteiger partial charge < -0.3 is 9.16 Å². The zero-order valence-corrected chi connectivity index (χ0v) is 18.0. The van der Waals surface area contributed by atoms with E-state index in [4.69, 9.17) is 4.43 Å². The van der Waals surface area contributed by atoms with Crippen LogP contribution in [0.5, 0.6) is 0 Å². The van der Waals surface area contributed by atoms with Crippen LogP contribution in [0, 0.1) is 0 Å². The molecule has 0 aliphatic heterocycles. The van der Waals surface area contributed by atoms with Gasteiger partial charge in [0.15, 0.2) is 8.32 Å². The number of carbonyl (C=O) groups is 1. The van der Waals surface area contributed by atoms with Crippen LogP contribution in [0.2, 0.25) is 19.6 Å². The fourth-order valence-electron chi connectivity index (χ4n) is 3.01. The fourth-order valence-corrected chi connectivity index (χ4v) is 4.25. The third-order valence-corrected chi connectivity index (χ3v) is 5.32. The summed E-state index contributed by atoms with van der Waals surface area (Å²) in [5, 5.41) is 0. The normalized spacial score (nSPS) is 13.0. The average molecular weight is 359 g/mol. The largest absolute Gasteiger partial charge is 0.469 e. The molecule has 0 amide bonds. The number of hydrogen-bond acceptors (Lipinski definition) is 3. The summed E-state index contributed by atoms with van der Waals surface area (Å²) in [6.45, 7) is 9.15. The monoisotopic (exact) mass is 358 g/mol. The molecule has 0 rings (SSSR count). The van der Waals surface area contributed by atoms with Crippen molar-refractivity contribution in [2.45, 2.75) is 116 Å². The molecule has 0 radical (unpaired) electrons. The molecule has 0 heterocycles. The van der Waals surface area contributed by atoms with Crippen molar-refractivity contribution in [3.63, 3.8) is 0 Å². The van der Waals surface area contributed by atoms with Crippen molar-refractivity contribution in [2.75, 3.05) is 7.11 Å². The highest BCUT2D eigenvalue weighted by Crippen LogP contribution is 2.20. The maximum atomic E-state index is 11.1. The average Bonchev–Trinajstić information content (AvgIpc) is 2.51. The molecule has 144 valence electrons. The zero-order chi connectivity index (χ0) is 18.3. The van der Waals surface area contributed by atoms with Gasteiger partial charge >= 0.3 is 5.97 Å².